The number of unbranched alkanes of at least 4 members (excludes halogenated alkanes) is 14. The van der Waals surface area contributed by atoms with Crippen LogP contribution in [0.25, 0.3) is 0 Å². The van der Waals surface area contributed by atoms with E-state index in [1.54, 1.807) is 0 Å². The van der Waals surface area contributed by atoms with Gasteiger partial charge in [-0.15, -0.1) is 0 Å². The van der Waals surface area contributed by atoms with Crippen molar-refractivity contribution in [2.75, 3.05) is 33.3 Å². The number of nitrogens with zero attached hydrogens (tertiary/aromatic N) is 1. The van der Waals surface area contributed by atoms with E-state index in [-0.39, 0.29) is 6.16 Å². The monoisotopic (exact) mass is 406 g/mol. The fraction of sp³-hybridized carbons (Fsp3) is 1.00. The lowest BCUT2D eigenvalue weighted by Gasteiger charge is -2.30. The van der Waals surface area contributed by atoms with E-state index in [0.717, 1.165) is 23.7 Å². The van der Waals surface area contributed by atoms with Crippen molar-refractivity contribution in [2.45, 2.75) is 110 Å². The number of hydrogen-bond donors (Lipinski definition) is 2. The summed E-state index contributed by atoms with van der Waals surface area (Å²) in [7, 11) is 0.840. The Morgan fingerprint density at radius 1 is 0.593 bits per heavy atom. The number of hydrogen-bond acceptors (Lipinski definition) is 1. The third kappa shape index (κ3) is 22.3. The van der Waals surface area contributed by atoms with Crippen LogP contribution in [0.1, 0.15) is 110 Å². The second kappa shape index (κ2) is 17.0. The van der Waals surface area contributed by atoms with E-state index in [4.69, 9.17) is 9.79 Å². The molecule has 4 nitrogen and oxygen atoms in total. The zero-order valence-electron chi connectivity index (χ0n) is 18.6. The Hall–Kier alpha value is 0.110. The Bertz CT molecular complexity index is 369. The van der Waals surface area contributed by atoms with Crippen molar-refractivity contribution in [3.63, 3.8) is 0 Å². The quantitative estimate of drug-likeness (QED) is 0.138. The minimum absolute atomic E-state index is 0.0457. The average molecular weight is 407 g/mol. The van der Waals surface area contributed by atoms with Gasteiger partial charge in [-0.05, 0) is 32.1 Å². The molecule has 0 aliphatic carbocycles. The highest BCUT2D eigenvalue weighted by Crippen LogP contribution is 2.35. The van der Waals surface area contributed by atoms with E-state index in [0.29, 0.717) is 6.42 Å². The summed E-state index contributed by atoms with van der Waals surface area (Å²) in [6, 6.07) is 0. The molecule has 0 spiro atoms. The van der Waals surface area contributed by atoms with Crippen LogP contribution in [0.15, 0.2) is 0 Å². The highest BCUT2D eigenvalue weighted by atomic mass is 31.2. The standard InChI is InChI=1S/C22H48NO3P/c1-4-5-6-7-8-9-10-11-12-13-14-17-20-23(2,3)21-18-15-16-19-22-27(24,25)26/h4-22H2,1-3H3,(H-,24,25,26)/p+1. The molecule has 0 heterocycles. The fourth-order valence-electron chi connectivity index (χ4n) is 3.70. The van der Waals surface area contributed by atoms with Crippen molar-refractivity contribution in [3.8, 4) is 0 Å². The van der Waals surface area contributed by atoms with Crippen LogP contribution in [0.2, 0.25) is 0 Å². The number of rotatable bonds is 20. The van der Waals surface area contributed by atoms with Gasteiger partial charge in [0.05, 0.1) is 27.2 Å². The lowest BCUT2D eigenvalue weighted by Crippen LogP contribution is -2.41. The second-order valence-corrected chi connectivity index (χ2v) is 10.9. The van der Waals surface area contributed by atoms with Crippen molar-refractivity contribution in [2.24, 2.45) is 0 Å². The van der Waals surface area contributed by atoms with Gasteiger partial charge in [-0.1, -0.05) is 77.6 Å². The molecule has 2 N–H and O–H groups in total. The maximum absolute atomic E-state index is 10.8. The first-order valence-electron chi connectivity index (χ1n) is 11.6. The number of quaternary nitrogens is 1. The summed E-state index contributed by atoms with van der Waals surface area (Å²) in [5.41, 5.74) is 0. The van der Waals surface area contributed by atoms with Crippen LogP contribution in [0, 0.1) is 0 Å². The summed E-state index contributed by atoms with van der Waals surface area (Å²) >= 11 is 0. The predicted octanol–water partition coefficient (Wildman–Crippen LogP) is 6.50. The molecule has 0 saturated heterocycles. The summed E-state index contributed by atoms with van der Waals surface area (Å²) in [6.07, 6.45) is 20.7. The highest BCUT2D eigenvalue weighted by molar-refractivity contribution is 7.51. The largest absolute Gasteiger partial charge is 0.328 e. The van der Waals surface area contributed by atoms with Gasteiger partial charge in [0.2, 0.25) is 0 Å². The van der Waals surface area contributed by atoms with Gasteiger partial charge in [0.15, 0.2) is 0 Å². The molecule has 0 aliphatic rings. The van der Waals surface area contributed by atoms with Crippen molar-refractivity contribution in [1.29, 1.82) is 0 Å². The van der Waals surface area contributed by atoms with Crippen LogP contribution in [0.5, 0.6) is 0 Å². The first-order valence-corrected chi connectivity index (χ1v) is 13.4. The lowest BCUT2D eigenvalue weighted by atomic mass is 10.1. The third-order valence-electron chi connectivity index (χ3n) is 5.58. The average Bonchev–Trinajstić information content (AvgIpc) is 2.58. The smallest absolute Gasteiger partial charge is 0.325 e. The van der Waals surface area contributed by atoms with Gasteiger partial charge in [0, 0.05) is 6.16 Å². The van der Waals surface area contributed by atoms with Gasteiger partial charge in [0.1, 0.15) is 0 Å². The Morgan fingerprint density at radius 3 is 1.30 bits per heavy atom. The van der Waals surface area contributed by atoms with Crippen LogP contribution in [0.4, 0.5) is 0 Å². The molecule has 0 aromatic rings. The van der Waals surface area contributed by atoms with Gasteiger partial charge < -0.3 is 14.3 Å². The summed E-state index contributed by atoms with van der Waals surface area (Å²) < 4.78 is 11.9. The van der Waals surface area contributed by atoms with Crippen molar-refractivity contribution >= 4 is 7.60 Å². The minimum Gasteiger partial charge on any atom is -0.328 e. The van der Waals surface area contributed by atoms with Gasteiger partial charge in [-0.3, -0.25) is 4.57 Å². The Labute approximate surface area is 169 Å². The maximum Gasteiger partial charge on any atom is 0.325 e. The Morgan fingerprint density at radius 2 is 0.926 bits per heavy atom. The van der Waals surface area contributed by atoms with Crippen LogP contribution in [0.3, 0.4) is 0 Å². The van der Waals surface area contributed by atoms with E-state index >= 15 is 0 Å². The van der Waals surface area contributed by atoms with Crippen LogP contribution >= 0.6 is 7.60 Å². The molecule has 0 saturated carbocycles. The van der Waals surface area contributed by atoms with E-state index in [1.165, 1.54) is 90.1 Å². The van der Waals surface area contributed by atoms with Crippen LogP contribution < -0.4 is 0 Å². The first-order chi connectivity index (χ1) is 12.8. The van der Waals surface area contributed by atoms with Crippen molar-refractivity contribution in [3.05, 3.63) is 0 Å². The van der Waals surface area contributed by atoms with E-state index in [1.807, 2.05) is 0 Å². The van der Waals surface area contributed by atoms with E-state index in [9.17, 15) is 4.57 Å². The zero-order valence-corrected chi connectivity index (χ0v) is 19.5. The van der Waals surface area contributed by atoms with Gasteiger partial charge in [0.25, 0.3) is 0 Å². The SMILES string of the molecule is CCCCCCCCCCCCCC[N+](C)(C)CCCCCCP(=O)(O)O. The lowest BCUT2D eigenvalue weighted by molar-refractivity contribution is -0.890. The molecule has 0 bridgehead atoms. The van der Waals surface area contributed by atoms with Crippen molar-refractivity contribution < 1.29 is 18.8 Å². The summed E-state index contributed by atoms with van der Waals surface area (Å²) in [5, 5.41) is 0. The van der Waals surface area contributed by atoms with E-state index in [2.05, 4.69) is 21.0 Å². The third-order valence-corrected chi connectivity index (χ3v) is 6.48. The highest BCUT2D eigenvalue weighted by Gasteiger charge is 2.14. The normalized spacial score (nSPS) is 12.6. The molecule has 164 valence electrons. The molecule has 0 aromatic heterocycles. The molecule has 0 aromatic carbocycles. The second-order valence-electron chi connectivity index (χ2n) is 9.07. The molecule has 5 heteroatoms. The topological polar surface area (TPSA) is 57.5 Å². The molecule has 0 radical (unpaired) electrons. The predicted molar refractivity (Wildman–Crippen MR) is 118 cm³/mol. The Kier molecular flexibility index (Phi) is 17.1. The van der Waals surface area contributed by atoms with Gasteiger partial charge in [-0.2, -0.15) is 0 Å². The molecular formula is C22H49NO3P+. The fourth-order valence-corrected chi connectivity index (χ4v) is 4.34. The van der Waals surface area contributed by atoms with Crippen molar-refractivity contribution in [1.82, 2.24) is 0 Å². The summed E-state index contributed by atoms with van der Waals surface area (Å²) in [4.78, 5) is 17.7. The zero-order chi connectivity index (χ0) is 20.4. The van der Waals surface area contributed by atoms with Crippen LogP contribution in [-0.4, -0.2) is 47.6 Å². The molecule has 0 rings (SSSR count). The van der Waals surface area contributed by atoms with E-state index < -0.39 is 7.60 Å². The minimum atomic E-state index is -3.79. The molecule has 0 unspecified atom stereocenters. The molecule has 0 aliphatic heterocycles. The molecule has 27 heavy (non-hydrogen) atoms. The molecular weight excluding hydrogens is 357 g/mol. The van der Waals surface area contributed by atoms with Gasteiger partial charge in [-0.25, -0.2) is 0 Å². The summed E-state index contributed by atoms with van der Waals surface area (Å²) in [5.74, 6) is 0. The molecule has 0 fully saturated rings. The summed E-state index contributed by atoms with van der Waals surface area (Å²) in [6.45, 7) is 4.70. The molecule has 0 amide bonds. The first kappa shape index (κ1) is 27.1. The molecule has 0 atom stereocenters. The van der Waals surface area contributed by atoms with Gasteiger partial charge >= 0.3 is 7.60 Å². The maximum atomic E-state index is 10.8. The van der Waals surface area contributed by atoms with Crippen LogP contribution in [-0.2, 0) is 4.57 Å². The Balaban J connectivity index is 3.38.